The number of carbonyl (C=O) groups excluding carboxylic acids is 1. The van der Waals surface area contributed by atoms with Gasteiger partial charge in [-0.1, -0.05) is 85.0 Å². The number of aromatic nitrogens is 3. The number of aryl methyl sites for hydroxylation is 2. The van der Waals surface area contributed by atoms with Crippen LogP contribution in [0.5, 0.6) is 0 Å². The van der Waals surface area contributed by atoms with E-state index in [1.807, 2.05) is 6.92 Å². The second-order valence-corrected chi connectivity index (χ2v) is 10.2. The SMILES string of the molecule is Cc1ccc(-n2c(SCc3cccc(C)c3)nnc2C(C)NC(=O)CCC2CCCC2)cc1. The minimum Gasteiger partial charge on any atom is -0.346 e. The Morgan fingerprint density at radius 3 is 2.58 bits per heavy atom. The molecule has 1 aromatic heterocycles. The summed E-state index contributed by atoms with van der Waals surface area (Å²) in [5, 5.41) is 13.0. The molecule has 33 heavy (non-hydrogen) atoms. The fraction of sp³-hybridized carbons (Fsp3) is 0.444. The predicted octanol–water partition coefficient (Wildman–Crippen LogP) is 6.32. The number of hydrogen-bond acceptors (Lipinski definition) is 4. The first-order valence-corrected chi connectivity index (χ1v) is 13.0. The van der Waals surface area contributed by atoms with Crippen LogP contribution in [-0.4, -0.2) is 20.7 Å². The molecule has 0 spiro atoms. The zero-order valence-corrected chi connectivity index (χ0v) is 20.7. The maximum absolute atomic E-state index is 12.7. The zero-order chi connectivity index (χ0) is 23.2. The van der Waals surface area contributed by atoms with E-state index >= 15 is 0 Å². The first-order valence-electron chi connectivity index (χ1n) is 12.0. The van der Waals surface area contributed by atoms with Crippen LogP contribution in [0.25, 0.3) is 5.69 Å². The molecule has 0 radical (unpaired) electrons. The van der Waals surface area contributed by atoms with E-state index in [1.165, 1.54) is 42.4 Å². The van der Waals surface area contributed by atoms with Crippen LogP contribution in [-0.2, 0) is 10.5 Å². The van der Waals surface area contributed by atoms with Crippen molar-refractivity contribution in [1.82, 2.24) is 20.1 Å². The van der Waals surface area contributed by atoms with Gasteiger partial charge in [0.15, 0.2) is 11.0 Å². The molecule has 3 aromatic rings. The molecule has 1 saturated carbocycles. The lowest BCUT2D eigenvalue weighted by Crippen LogP contribution is -2.28. The highest BCUT2D eigenvalue weighted by molar-refractivity contribution is 7.98. The molecule has 1 fully saturated rings. The number of carbonyl (C=O) groups is 1. The molecule has 1 atom stereocenters. The minimum absolute atomic E-state index is 0.0989. The second kappa shape index (κ2) is 11.0. The fourth-order valence-corrected chi connectivity index (χ4v) is 5.46. The van der Waals surface area contributed by atoms with Crippen LogP contribution in [0, 0.1) is 19.8 Å². The summed E-state index contributed by atoms with van der Waals surface area (Å²) in [4.78, 5) is 12.7. The lowest BCUT2D eigenvalue weighted by Gasteiger charge is -2.17. The number of nitrogens with one attached hydrogen (secondary N) is 1. The summed E-state index contributed by atoms with van der Waals surface area (Å²) >= 11 is 1.67. The van der Waals surface area contributed by atoms with Crippen LogP contribution in [0.15, 0.2) is 53.7 Å². The van der Waals surface area contributed by atoms with E-state index in [9.17, 15) is 4.79 Å². The Morgan fingerprint density at radius 1 is 1.09 bits per heavy atom. The molecule has 2 aromatic carbocycles. The highest BCUT2D eigenvalue weighted by Crippen LogP contribution is 2.30. The van der Waals surface area contributed by atoms with Crippen molar-refractivity contribution in [3.8, 4) is 5.69 Å². The van der Waals surface area contributed by atoms with E-state index in [4.69, 9.17) is 0 Å². The van der Waals surface area contributed by atoms with E-state index < -0.39 is 0 Å². The molecule has 0 saturated heterocycles. The van der Waals surface area contributed by atoms with Gasteiger partial charge >= 0.3 is 0 Å². The first kappa shape index (κ1) is 23.6. The fourth-order valence-electron chi connectivity index (χ4n) is 4.55. The van der Waals surface area contributed by atoms with Crippen molar-refractivity contribution in [2.75, 3.05) is 0 Å². The summed E-state index contributed by atoms with van der Waals surface area (Å²) in [6.45, 7) is 6.19. The Hall–Kier alpha value is -2.60. The molecule has 1 unspecified atom stereocenters. The Morgan fingerprint density at radius 2 is 1.85 bits per heavy atom. The van der Waals surface area contributed by atoms with E-state index in [1.54, 1.807) is 11.8 Å². The normalized spacial score (nSPS) is 15.0. The molecule has 6 heteroatoms. The summed E-state index contributed by atoms with van der Waals surface area (Å²) < 4.78 is 2.09. The summed E-state index contributed by atoms with van der Waals surface area (Å²) in [7, 11) is 0. The maximum Gasteiger partial charge on any atom is 0.220 e. The number of amides is 1. The number of hydrogen-bond donors (Lipinski definition) is 1. The average molecular weight is 463 g/mol. The Bertz CT molecular complexity index is 1070. The topological polar surface area (TPSA) is 59.8 Å². The summed E-state index contributed by atoms with van der Waals surface area (Å²) in [5.41, 5.74) is 4.73. The Labute approximate surface area is 201 Å². The molecule has 4 rings (SSSR count). The smallest absolute Gasteiger partial charge is 0.220 e. The third kappa shape index (κ3) is 6.26. The van der Waals surface area contributed by atoms with E-state index in [2.05, 4.69) is 82.5 Å². The van der Waals surface area contributed by atoms with Crippen molar-refractivity contribution >= 4 is 17.7 Å². The quantitative estimate of drug-likeness (QED) is 0.378. The van der Waals surface area contributed by atoms with Gasteiger partial charge in [0.05, 0.1) is 6.04 Å². The third-order valence-electron chi connectivity index (χ3n) is 6.42. The van der Waals surface area contributed by atoms with E-state index in [-0.39, 0.29) is 11.9 Å². The lowest BCUT2D eigenvalue weighted by molar-refractivity contribution is -0.122. The number of rotatable bonds is 9. The summed E-state index contributed by atoms with van der Waals surface area (Å²) in [5.74, 6) is 2.39. The molecule has 174 valence electrons. The first-order chi connectivity index (χ1) is 16.0. The van der Waals surface area contributed by atoms with Crippen molar-refractivity contribution < 1.29 is 4.79 Å². The van der Waals surface area contributed by atoms with Crippen LogP contribution in [0.3, 0.4) is 0 Å². The van der Waals surface area contributed by atoms with Gasteiger partial charge in [0, 0.05) is 17.9 Å². The highest BCUT2D eigenvalue weighted by Gasteiger charge is 2.22. The molecule has 1 aliphatic rings. The maximum atomic E-state index is 12.7. The number of benzene rings is 2. The van der Waals surface area contributed by atoms with Gasteiger partial charge in [0.1, 0.15) is 0 Å². The molecule has 1 amide bonds. The zero-order valence-electron chi connectivity index (χ0n) is 19.9. The van der Waals surface area contributed by atoms with Crippen molar-refractivity contribution in [2.24, 2.45) is 5.92 Å². The van der Waals surface area contributed by atoms with Crippen LogP contribution >= 0.6 is 11.8 Å². The molecule has 0 bridgehead atoms. The summed E-state index contributed by atoms with van der Waals surface area (Å²) in [6, 6.07) is 16.7. The molecular weight excluding hydrogens is 428 g/mol. The van der Waals surface area contributed by atoms with Crippen molar-refractivity contribution in [3.63, 3.8) is 0 Å². The van der Waals surface area contributed by atoms with Gasteiger partial charge in [-0.3, -0.25) is 9.36 Å². The molecule has 1 aliphatic carbocycles. The lowest BCUT2D eigenvalue weighted by atomic mass is 10.0. The van der Waals surface area contributed by atoms with Gasteiger partial charge in [0.25, 0.3) is 0 Å². The number of nitrogens with zero attached hydrogens (tertiary/aromatic N) is 3. The largest absolute Gasteiger partial charge is 0.346 e. The number of thioether (sulfide) groups is 1. The van der Waals surface area contributed by atoms with Crippen molar-refractivity contribution in [1.29, 1.82) is 0 Å². The molecule has 0 aliphatic heterocycles. The van der Waals surface area contributed by atoms with Gasteiger partial charge in [-0.25, -0.2) is 0 Å². The standard InChI is InChI=1S/C27H34N4OS/c1-19-11-14-24(15-12-19)31-26(21(3)28-25(32)16-13-22-8-4-5-9-22)29-30-27(31)33-18-23-10-6-7-20(2)17-23/h6-7,10-12,14-15,17,21-22H,4-5,8-9,13,16,18H2,1-3H3,(H,28,32). The van der Waals surface area contributed by atoms with Crippen LogP contribution < -0.4 is 5.32 Å². The second-order valence-electron chi connectivity index (χ2n) is 9.27. The molecular formula is C27H34N4OS. The predicted molar refractivity (Wildman–Crippen MR) is 135 cm³/mol. The van der Waals surface area contributed by atoms with E-state index in [0.717, 1.165) is 28.8 Å². The van der Waals surface area contributed by atoms with Crippen LogP contribution in [0.2, 0.25) is 0 Å². The van der Waals surface area contributed by atoms with Crippen molar-refractivity contribution in [2.45, 2.75) is 76.2 Å². The molecule has 1 heterocycles. The Balaban J connectivity index is 1.51. The van der Waals surface area contributed by atoms with Gasteiger partial charge < -0.3 is 5.32 Å². The summed E-state index contributed by atoms with van der Waals surface area (Å²) in [6.07, 6.45) is 6.73. The van der Waals surface area contributed by atoms with Crippen LogP contribution in [0.1, 0.15) is 74.0 Å². The van der Waals surface area contributed by atoms with Gasteiger partial charge in [-0.15, -0.1) is 10.2 Å². The highest BCUT2D eigenvalue weighted by atomic mass is 32.2. The minimum atomic E-state index is -0.219. The molecule has 5 nitrogen and oxygen atoms in total. The third-order valence-corrected chi connectivity index (χ3v) is 7.42. The average Bonchev–Trinajstić information content (AvgIpc) is 3.47. The van der Waals surface area contributed by atoms with Crippen molar-refractivity contribution in [3.05, 3.63) is 71.0 Å². The van der Waals surface area contributed by atoms with Gasteiger partial charge in [0.2, 0.25) is 5.91 Å². The van der Waals surface area contributed by atoms with E-state index in [0.29, 0.717) is 12.3 Å². The molecule has 1 N–H and O–H groups in total. The van der Waals surface area contributed by atoms with Gasteiger partial charge in [-0.05, 0) is 50.8 Å². The van der Waals surface area contributed by atoms with Gasteiger partial charge in [-0.2, -0.15) is 0 Å². The van der Waals surface area contributed by atoms with Crippen LogP contribution in [0.4, 0.5) is 0 Å². The monoisotopic (exact) mass is 462 g/mol. The Kier molecular flexibility index (Phi) is 7.86.